The first-order chi connectivity index (χ1) is 12.4. The van der Waals surface area contributed by atoms with Gasteiger partial charge in [-0.1, -0.05) is 23.2 Å². The minimum Gasteiger partial charge on any atom is -0.355 e. The summed E-state index contributed by atoms with van der Waals surface area (Å²) in [4.78, 5) is 13.4. The average molecular weight is 433 g/mol. The van der Waals surface area contributed by atoms with E-state index >= 15 is 0 Å². The summed E-state index contributed by atoms with van der Waals surface area (Å²) in [6.45, 7) is 0.662. The number of nitrogens with zero attached hydrogens (tertiary/aromatic N) is 1. The molecule has 0 spiro atoms. The van der Waals surface area contributed by atoms with Gasteiger partial charge in [-0.2, -0.15) is 4.31 Å². The quantitative estimate of drug-likeness (QED) is 0.778. The lowest BCUT2D eigenvalue weighted by Crippen LogP contribution is -2.48. The molecule has 2 aromatic rings. The van der Waals surface area contributed by atoms with Gasteiger partial charge in [0.25, 0.3) is 0 Å². The Morgan fingerprint density at radius 3 is 2.50 bits per heavy atom. The van der Waals surface area contributed by atoms with Crippen molar-refractivity contribution in [3.8, 4) is 0 Å². The van der Waals surface area contributed by atoms with E-state index in [0.717, 1.165) is 17.7 Å². The molecule has 5 nitrogen and oxygen atoms in total. The molecule has 9 heteroatoms. The molecule has 0 radical (unpaired) electrons. The first kappa shape index (κ1) is 19.6. The predicted octanol–water partition coefficient (Wildman–Crippen LogP) is 3.91. The first-order valence-electron chi connectivity index (χ1n) is 8.17. The van der Waals surface area contributed by atoms with Crippen LogP contribution in [0.4, 0.5) is 0 Å². The minimum absolute atomic E-state index is 0.0977. The molecular formula is C17H18Cl2N2O3S2. The zero-order valence-electron chi connectivity index (χ0n) is 13.8. The Labute approximate surface area is 167 Å². The maximum Gasteiger partial charge on any atom is 0.244 e. The Morgan fingerprint density at radius 2 is 1.85 bits per heavy atom. The molecule has 2 heterocycles. The number of amides is 1. The maximum absolute atomic E-state index is 13.3. The zero-order valence-corrected chi connectivity index (χ0v) is 17.0. The molecule has 1 aromatic carbocycles. The third kappa shape index (κ3) is 4.40. The highest BCUT2D eigenvalue weighted by atomic mass is 35.5. The second-order valence-corrected chi connectivity index (χ2v) is 10.1. The fraction of sp³-hybridized carbons (Fsp3) is 0.353. The molecule has 1 N–H and O–H groups in total. The number of thiophene rings is 1. The van der Waals surface area contributed by atoms with E-state index in [-0.39, 0.29) is 17.3 Å². The van der Waals surface area contributed by atoms with Gasteiger partial charge in [-0.3, -0.25) is 4.79 Å². The van der Waals surface area contributed by atoms with Crippen LogP contribution in [0.3, 0.4) is 0 Å². The van der Waals surface area contributed by atoms with E-state index in [1.165, 1.54) is 39.9 Å². The molecule has 1 unspecified atom stereocenters. The Balaban J connectivity index is 2.00. The number of hydrogen-bond acceptors (Lipinski definition) is 4. The van der Waals surface area contributed by atoms with Crippen LogP contribution in [-0.4, -0.2) is 31.2 Å². The fourth-order valence-corrected chi connectivity index (χ4v) is 5.78. The van der Waals surface area contributed by atoms with E-state index in [1.54, 1.807) is 12.1 Å². The maximum atomic E-state index is 13.3. The zero-order chi connectivity index (χ0) is 18.7. The van der Waals surface area contributed by atoms with Gasteiger partial charge in [0.2, 0.25) is 15.9 Å². The van der Waals surface area contributed by atoms with Gasteiger partial charge in [0.1, 0.15) is 6.04 Å². The number of benzene rings is 1. The molecule has 26 heavy (non-hydrogen) atoms. The molecule has 1 aromatic heterocycles. The first-order valence-corrected chi connectivity index (χ1v) is 11.2. The molecular weight excluding hydrogens is 415 g/mol. The number of nitrogens with one attached hydrogen (secondary N) is 1. The van der Waals surface area contributed by atoms with Crippen LogP contribution in [0.5, 0.6) is 0 Å². The van der Waals surface area contributed by atoms with Crippen molar-refractivity contribution in [1.29, 1.82) is 0 Å². The molecule has 1 saturated heterocycles. The van der Waals surface area contributed by atoms with Crippen LogP contribution >= 0.6 is 34.5 Å². The second-order valence-electron chi connectivity index (χ2n) is 6.01. The number of carbonyl (C=O) groups excluding carboxylic acids is 1. The van der Waals surface area contributed by atoms with Crippen molar-refractivity contribution in [2.75, 3.05) is 6.54 Å². The summed E-state index contributed by atoms with van der Waals surface area (Å²) in [6.07, 6.45) is 2.10. The highest BCUT2D eigenvalue weighted by molar-refractivity contribution is 7.89. The van der Waals surface area contributed by atoms with Crippen LogP contribution in [-0.2, 0) is 21.4 Å². The Bertz CT molecular complexity index is 882. The van der Waals surface area contributed by atoms with Crippen LogP contribution in [0.25, 0.3) is 0 Å². The summed E-state index contributed by atoms with van der Waals surface area (Å²) < 4.78 is 28.4. The van der Waals surface area contributed by atoms with Crippen LogP contribution in [0, 0.1) is 0 Å². The van der Waals surface area contributed by atoms with Crippen molar-refractivity contribution in [3.05, 3.63) is 50.6 Å². The number of sulfonamides is 1. The second kappa shape index (κ2) is 8.27. The Kier molecular flexibility index (Phi) is 6.25. The summed E-state index contributed by atoms with van der Waals surface area (Å²) >= 11 is 13.2. The number of rotatable bonds is 5. The monoisotopic (exact) mass is 432 g/mol. The number of carbonyl (C=O) groups is 1. The van der Waals surface area contributed by atoms with E-state index < -0.39 is 16.1 Å². The van der Waals surface area contributed by atoms with Crippen molar-refractivity contribution >= 4 is 50.5 Å². The van der Waals surface area contributed by atoms with E-state index in [1.807, 2.05) is 0 Å². The van der Waals surface area contributed by atoms with Gasteiger partial charge in [0.15, 0.2) is 0 Å². The summed E-state index contributed by atoms with van der Waals surface area (Å²) in [5.74, 6) is -0.261. The number of hydrogen-bond donors (Lipinski definition) is 1. The van der Waals surface area contributed by atoms with Gasteiger partial charge >= 0.3 is 0 Å². The van der Waals surface area contributed by atoms with E-state index in [9.17, 15) is 13.2 Å². The number of halogens is 2. The molecule has 1 atom stereocenters. The Hall–Kier alpha value is -1.12. The van der Waals surface area contributed by atoms with Gasteiger partial charge in [0, 0.05) is 23.0 Å². The van der Waals surface area contributed by atoms with Crippen LogP contribution in [0.1, 0.15) is 24.1 Å². The molecule has 1 aliphatic heterocycles. The molecule has 140 valence electrons. The summed E-state index contributed by atoms with van der Waals surface area (Å²) in [5.41, 5.74) is 0. The van der Waals surface area contributed by atoms with Gasteiger partial charge in [-0.15, -0.1) is 11.3 Å². The third-order valence-corrected chi connectivity index (χ3v) is 7.55. The van der Waals surface area contributed by atoms with Gasteiger partial charge in [0.05, 0.1) is 9.23 Å². The molecule has 1 aliphatic rings. The predicted molar refractivity (Wildman–Crippen MR) is 104 cm³/mol. The molecule has 3 rings (SSSR count). The molecule has 0 saturated carbocycles. The van der Waals surface area contributed by atoms with E-state index in [2.05, 4.69) is 5.32 Å². The third-order valence-electron chi connectivity index (χ3n) is 4.21. The fourth-order valence-electron chi connectivity index (χ4n) is 2.89. The smallest absolute Gasteiger partial charge is 0.244 e. The lowest BCUT2D eigenvalue weighted by molar-refractivity contribution is -0.124. The van der Waals surface area contributed by atoms with E-state index in [4.69, 9.17) is 23.2 Å². The summed E-state index contributed by atoms with van der Waals surface area (Å²) in [6, 6.07) is 8.73. The molecule has 1 amide bonds. The lowest BCUT2D eigenvalue weighted by Gasteiger charge is -2.28. The topological polar surface area (TPSA) is 66.5 Å². The lowest BCUT2D eigenvalue weighted by atomic mass is 10.1. The molecule has 1 fully saturated rings. The van der Waals surface area contributed by atoms with E-state index in [0.29, 0.717) is 22.3 Å². The SMILES string of the molecule is O=C1NCCCCC1N(Cc1ccc(Cl)s1)S(=O)(=O)c1ccc(Cl)cc1. The molecule has 0 bridgehead atoms. The van der Waals surface area contributed by atoms with Crippen molar-refractivity contribution in [2.24, 2.45) is 0 Å². The van der Waals surface area contributed by atoms with Crippen LogP contribution in [0.15, 0.2) is 41.3 Å². The van der Waals surface area contributed by atoms with Crippen molar-refractivity contribution in [1.82, 2.24) is 9.62 Å². The largest absolute Gasteiger partial charge is 0.355 e. The average Bonchev–Trinajstić information content (AvgIpc) is 2.89. The highest BCUT2D eigenvalue weighted by Crippen LogP contribution is 2.29. The summed E-state index contributed by atoms with van der Waals surface area (Å²) in [5, 5.41) is 3.26. The van der Waals surface area contributed by atoms with Crippen molar-refractivity contribution in [3.63, 3.8) is 0 Å². The van der Waals surface area contributed by atoms with Crippen molar-refractivity contribution < 1.29 is 13.2 Å². The molecule has 0 aliphatic carbocycles. The standard InChI is InChI=1S/C17H18Cl2N2O3S2/c18-12-4-7-14(8-5-12)26(23,24)21(11-13-6-9-16(19)25-13)15-3-1-2-10-20-17(15)22/h4-9,15H,1-3,10-11H2,(H,20,22). The van der Waals surface area contributed by atoms with Crippen LogP contribution < -0.4 is 5.32 Å². The van der Waals surface area contributed by atoms with Gasteiger partial charge in [-0.05, 0) is 55.7 Å². The normalized spacial score (nSPS) is 18.6. The Morgan fingerprint density at radius 1 is 1.12 bits per heavy atom. The summed E-state index contributed by atoms with van der Waals surface area (Å²) in [7, 11) is -3.88. The van der Waals surface area contributed by atoms with Gasteiger partial charge < -0.3 is 5.32 Å². The van der Waals surface area contributed by atoms with Crippen LogP contribution in [0.2, 0.25) is 9.36 Å². The van der Waals surface area contributed by atoms with Crippen molar-refractivity contribution in [2.45, 2.75) is 36.7 Å². The minimum atomic E-state index is -3.88. The highest BCUT2D eigenvalue weighted by Gasteiger charge is 2.36. The van der Waals surface area contributed by atoms with Gasteiger partial charge in [-0.25, -0.2) is 8.42 Å².